The molecule has 1 aliphatic rings. The molecular weight excluding hydrogens is 652 g/mol. The van der Waals surface area contributed by atoms with E-state index in [9.17, 15) is 9.59 Å². The Morgan fingerprint density at radius 1 is 0.680 bits per heavy atom. The molecular formula is C41H47ClN2O6. The first kappa shape index (κ1) is 38.5. The molecule has 1 unspecified atom stereocenters. The predicted molar refractivity (Wildman–Crippen MR) is 199 cm³/mol. The molecule has 0 radical (unpaired) electrons. The molecule has 3 N–H and O–H groups in total. The minimum absolute atomic E-state index is 0.0182. The molecule has 0 spiro atoms. The molecule has 0 saturated heterocycles. The van der Waals surface area contributed by atoms with Crippen molar-refractivity contribution in [1.82, 2.24) is 5.32 Å². The Kier molecular flexibility index (Phi) is 16.7. The van der Waals surface area contributed by atoms with E-state index in [0.717, 1.165) is 28.7 Å². The van der Waals surface area contributed by atoms with Gasteiger partial charge in [0.05, 0.1) is 32.8 Å². The number of halogens is 1. The lowest BCUT2D eigenvalue weighted by Crippen LogP contribution is -2.36. The van der Waals surface area contributed by atoms with E-state index in [1.54, 1.807) is 6.07 Å². The Bertz CT molecular complexity index is 1600. The van der Waals surface area contributed by atoms with Crippen molar-refractivity contribution in [2.45, 2.75) is 31.3 Å². The molecule has 8 nitrogen and oxygen atoms in total. The maximum Gasteiger partial charge on any atom is 0.307 e. The highest BCUT2D eigenvalue weighted by atomic mass is 35.5. The Morgan fingerprint density at radius 3 is 2.02 bits per heavy atom. The van der Waals surface area contributed by atoms with Crippen molar-refractivity contribution in [1.29, 1.82) is 0 Å². The molecule has 3 aromatic carbocycles. The molecule has 3 aromatic rings. The average Bonchev–Trinajstić information content (AvgIpc) is 3.12. The lowest BCUT2D eigenvalue weighted by molar-refractivity contribution is -0.154. The normalized spacial score (nSPS) is 13.6. The van der Waals surface area contributed by atoms with Crippen molar-refractivity contribution >= 4 is 29.1 Å². The van der Waals surface area contributed by atoms with Gasteiger partial charge in [0.15, 0.2) is 5.60 Å². The van der Waals surface area contributed by atoms with Crippen molar-refractivity contribution in [2.75, 3.05) is 52.7 Å². The van der Waals surface area contributed by atoms with Crippen LogP contribution in [0, 0.1) is 0 Å². The summed E-state index contributed by atoms with van der Waals surface area (Å²) in [6, 6.07) is 24.9. The summed E-state index contributed by atoms with van der Waals surface area (Å²) in [5, 5.41) is 3.32. The van der Waals surface area contributed by atoms with Gasteiger partial charge < -0.3 is 30.0 Å². The number of hydrogen-bond acceptors (Lipinski definition) is 7. The molecule has 9 heteroatoms. The first-order chi connectivity index (χ1) is 24.5. The second kappa shape index (κ2) is 21.7. The van der Waals surface area contributed by atoms with Crippen LogP contribution in [0.25, 0.3) is 5.57 Å². The SMILES string of the molecule is NCCCOCCOCCOCCCNC(=O)CCC(=O)OC(c1ccccc1)(c1ccc(C2=CC=CC=CC=C2)cc1)c1ccccc1Cl. The Morgan fingerprint density at radius 2 is 1.30 bits per heavy atom. The number of allylic oxidation sites excluding steroid dienone is 8. The van der Waals surface area contributed by atoms with Crippen molar-refractivity contribution in [3.8, 4) is 0 Å². The minimum Gasteiger partial charge on any atom is -0.444 e. The van der Waals surface area contributed by atoms with Gasteiger partial charge in [0.1, 0.15) is 0 Å². The summed E-state index contributed by atoms with van der Waals surface area (Å²) in [4.78, 5) is 26.3. The number of nitrogens with one attached hydrogen (secondary N) is 1. The van der Waals surface area contributed by atoms with E-state index in [-0.39, 0.29) is 18.7 Å². The van der Waals surface area contributed by atoms with E-state index < -0.39 is 11.6 Å². The minimum atomic E-state index is -1.36. The van der Waals surface area contributed by atoms with Gasteiger partial charge in [-0.2, -0.15) is 0 Å². The number of benzene rings is 3. The molecule has 50 heavy (non-hydrogen) atoms. The van der Waals surface area contributed by atoms with Crippen LogP contribution in [0.5, 0.6) is 0 Å². The fourth-order valence-electron chi connectivity index (χ4n) is 5.38. The van der Waals surface area contributed by atoms with Gasteiger partial charge in [-0.25, -0.2) is 0 Å². The van der Waals surface area contributed by atoms with Crippen molar-refractivity contribution in [3.63, 3.8) is 0 Å². The van der Waals surface area contributed by atoms with Gasteiger partial charge >= 0.3 is 5.97 Å². The number of ether oxygens (including phenoxy) is 4. The maximum absolute atomic E-state index is 13.6. The standard InChI is InChI=1S/C41H47ClN2O6/c42-38-18-10-9-17-37(38)41(35-15-7-4-8-16-35,36-21-19-34(20-22-36)33-13-5-2-1-3-6-14-33)50-40(46)24-23-39(45)44-26-12-28-48-30-32-49-31-29-47-27-11-25-43/h1-10,13-22H,11-12,23-32,43H2,(H,44,45). The number of hydrogen-bond donors (Lipinski definition) is 2. The van der Waals surface area contributed by atoms with E-state index in [4.69, 9.17) is 36.3 Å². The maximum atomic E-state index is 13.6. The zero-order valence-corrected chi connectivity index (χ0v) is 29.2. The summed E-state index contributed by atoms with van der Waals surface area (Å²) in [6.07, 6.45) is 15.4. The largest absolute Gasteiger partial charge is 0.444 e. The predicted octanol–water partition coefficient (Wildman–Crippen LogP) is 6.93. The molecule has 0 bridgehead atoms. The summed E-state index contributed by atoms with van der Waals surface area (Å²) in [5.41, 5.74) is 8.20. The highest BCUT2D eigenvalue weighted by Gasteiger charge is 2.42. The van der Waals surface area contributed by atoms with Crippen molar-refractivity contribution in [2.24, 2.45) is 5.73 Å². The lowest BCUT2D eigenvalue weighted by atomic mass is 9.79. The van der Waals surface area contributed by atoms with Gasteiger partial charge in [0, 0.05) is 47.9 Å². The van der Waals surface area contributed by atoms with Crippen LogP contribution in [0.15, 0.2) is 121 Å². The van der Waals surface area contributed by atoms with Gasteiger partial charge in [-0.15, -0.1) is 0 Å². The number of carbonyl (C=O) groups is 2. The highest BCUT2D eigenvalue weighted by molar-refractivity contribution is 6.31. The lowest BCUT2D eigenvalue weighted by Gasteiger charge is -2.36. The molecule has 0 aromatic heterocycles. The molecule has 1 atom stereocenters. The van der Waals surface area contributed by atoms with Gasteiger partial charge in [-0.05, 0) is 36.6 Å². The second-order valence-electron chi connectivity index (χ2n) is 11.5. The molecule has 0 heterocycles. The number of carbonyl (C=O) groups excluding carboxylic acids is 2. The van der Waals surface area contributed by atoms with Crippen molar-refractivity contribution < 1.29 is 28.5 Å². The molecule has 264 valence electrons. The number of esters is 1. The fourth-order valence-corrected chi connectivity index (χ4v) is 5.65. The third-order valence-electron chi connectivity index (χ3n) is 7.90. The van der Waals surface area contributed by atoms with Gasteiger partial charge in [-0.3, -0.25) is 9.59 Å². The molecule has 0 saturated carbocycles. The van der Waals surface area contributed by atoms with Crippen LogP contribution in [0.1, 0.15) is 47.9 Å². The summed E-state index contributed by atoms with van der Waals surface area (Å²) in [5.74, 6) is -0.763. The molecule has 0 aliphatic heterocycles. The van der Waals surface area contributed by atoms with E-state index in [2.05, 4.69) is 5.32 Å². The van der Waals surface area contributed by atoms with E-state index in [0.29, 0.717) is 69.7 Å². The first-order valence-electron chi connectivity index (χ1n) is 17.1. The summed E-state index contributed by atoms with van der Waals surface area (Å²) in [7, 11) is 0. The van der Waals surface area contributed by atoms with E-state index in [1.807, 2.05) is 115 Å². The topological polar surface area (TPSA) is 109 Å². The molecule has 1 aliphatic carbocycles. The zero-order chi connectivity index (χ0) is 35.3. The van der Waals surface area contributed by atoms with Crippen LogP contribution in [-0.2, 0) is 34.1 Å². The Balaban J connectivity index is 1.37. The molecule has 0 fully saturated rings. The van der Waals surface area contributed by atoms with Crippen LogP contribution in [-0.4, -0.2) is 64.6 Å². The summed E-state index contributed by atoms with van der Waals surface area (Å²) >= 11 is 6.84. The average molecular weight is 699 g/mol. The third-order valence-corrected chi connectivity index (χ3v) is 8.23. The highest BCUT2D eigenvalue weighted by Crippen LogP contribution is 2.44. The molecule has 4 rings (SSSR count). The van der Waals surface area contributed by atoms with Crippen molar-refractivity contribution in [3.05, 3.63) is 149 Å². The summed E-state index contributed by atoms with van der Waals surface area (Å²) in [6.45, 7) is 4.15. The van der Waals surface area contributed by atoms with Crippen LogP contribution in [0.4, 0.5) is 0 Å². The third kappa shape index (κ3) is 11.9. The second-order valence-corrected chi connectivity index (χ2v) is 11.9. The number of nitrogens with two attached hydrogens (primary N) is 1. The van der Waals surface area contributed by atoms with Crippen LogP contribution >= 0.6 is 11.6 Å². The van der Waals surface area contributed by atoms with Gasteiger partial charge in [-0.1, -0.05) is 127 Å². The molecule has 1 amide bonds. The summed E-state index contributed by atoms with van der Waals surface area (Å²) < 4.78 is 22.9. The smallest absolute Gasteiger partial charge is 0.307 e. The van der Waals surface area contributed by atoms with Gasteiger partial charge in [0.2, 0.25) is 5.91 Å². The zero-order valence-electron chi connectivity index (χ0n) is 28.4. The monoisotopic (exact) mass is 698 g/mol. The van der Waals surface area contributed by atoms with Crippen LogP contribution < -0.4 is 11.1 Å². The van der Waals surface area contributed by atoms with E-state index in [1.165, 1.54) is 0 Å². The number of amides is 1. The Hall–Kier alpha value is -4.31. The van der Waals surface area contributed by atoms with E-state index >= 15 is 0 Å². The fraction of sp³-hybridized carbons (Fsp3) is 0.317. The quantitative estimate of drug-likeness (QED) is 0.0706. The first-order valence-corrected chi connectivity index (χ1v) is 17.5. The van der Waals surface area contributed by atoms with Crippen LogP contribution in [0.3, 0.4) is 0 Å². The van der Waals surface area contributed by atoms with Gasteiger partial charge in [0.25, 0.3) is 0 Å². The Labute approximate surface area is 300 Å². The van der Waals surface area contributed by atoms with Crippen LogP contribution in [0.2, 0.25) is 5.02 Å². The number of rotatable bonds is 21.